The van der Waals surface area contributed by atoms with Gasteiger partial charge in [-0.15, -0.1) is 0 Å². The first-order chi connectivity index (χ1) is 5.63. The first kappa shape index (κ1) is 8.87. The van der Waals surface area contributed by atoms with Gasteiger partial charge in [0.25, 0.3) is 0 Å². The van der Waals surface area contributed by atoms with Crippen LogP contribution in [0.3, 0.4) is 0 Å². The van der Waals surface area contributed by atoms with E-state index in [9.17, 15) is 14.0 Å². The molecule has 1 aromatic carbocycles. The fourth-order valence-electron chi connectivity index (χ4n) is 0.764. The minimum absolute atomic E-state index is 0.0324. The second-order valence-electron chi connectivity index (χ2n) is 2.14. The van der Waals surface area contributed by atoms with E-state index >= 15 is 0 Å². The van der Waals surface area contributed by atoms with Gasteiger partial charge in [0.1, 0.15) is 5.82 Å². The molecular weight excluding hydrogens is 183 g/mol. The minimum atomic E-state index is -0.781. The lowest BCUT2D eigenvalue weighted by atomic mass is 10.1. The topological polar surface area (TPSA) is 34.1 Å². The van der Waals surface area contributed by atoms with Crippen LogP contribution in [0.5, 0.6) is 0 Å². The lowest BCUT2D eigenvalue weighted by Gasteiger charge is -1.95. The molecule has 0 heterocycles. The van der Waals surface area contributed by atoms with E-state index in [2.05, 4.69) is 0 Å². The summed E-state index contributed by atoms with van der Waals surface area (Å²) in [5.74, 6) is -1.41. The molecule has 1 rings (SSSR count). The Morgan fingerprint density at radius 1 is 1.42 bits per heavy atom. The van der Waals surface area contributed by atoms with Gasteiger partial charge in [-0.25, -0.2) is 4.39 Å². The third-order valence-electron chi connectivity index (χ3n) is 1.25. The Balaban J connectivity index is 3.17. The third kappa shape index (κ3) is 1.89. The quantitative estimate of drug-likeness (QED) is 0.401. The van der Waals surface area contributed by atoms with Crippen molar-refractivity contribution in [1.82, 2.24) is 0 Å². The van der Waals surface area contributed by atoms with Gasteiger partial charge in [0.2, 0.25) is 5.78 Å². The van der Waals surface area contributed by atoms with Gasteiger partial charge in [-0.2, -0.15) is 0 Å². The smallest absolute Gasteiger partial charge is 0.225 e. The Kier molecular flexibility index (Phi) is 2.55. The van der Waals surface area contributed by atoms with Crippen LogP contribution in [0.2, 0.25) is 5.02 Å². The molecule has 62 valence electrons. The summed E-state index contributed by atoms with van der Waals surface area (Å²) in [4.78, 5) is 20.7. The molecule has 1 aromatic rings. The molecule has 0 amide bonds. The summed E-state index contributed by atoms with van der Waals surface area (Å²) >= 11 is 5.44. The highest BCUT2D eigenvalue weighted by atomic mass is 35.5. The van der Waals surface area contributed by atoms with Crippen LogP contribution >= 0.6 is 11.6 Å². The number of carbonyl (C=O) groups excluding carboxylic acids is 2. The van der Waals surface area contributed by atoms with E-state index in [1.54, 1.807) is 0 Å². The normalized spacial score (nSPS) is 9.50. The maximum absolute atomic E-state index is 12.6. The van der Waals surface area contributed by atoms with E-state index < -0.39 is 11.6 Å². The molecule has 0 N–H and O–H groups in total. The van der Waals surface area contributed by atoms with Crippen molar-refractivity contribution in [2.75, 3.05) is 0 Å². The number of halogens is 2. The fraction of sp³-hybridized carbons (Fsp3) is 0. The van der Waals surface area contributed by atoms with Crippen molar-refractivity contribution in [2.24, 2.45) is 0 Å². The van der Waals surface area contributed by atoms with E-state index in [1.165, 1.54) is 6.07 Å². The van der Waals surface area contributed by atoms with Gasteiger partial charge in [0.05, 0.1) is 0 Å². The second kappa shape index (κ2) is 3.45. The highest BCUT2D eigenvalue weighted by molar-refractivity contribution is 6.35. The summed E-state index contributed by atoms with van der Waals surface area (Å²) in [5, 5.41) is 0.0974. The Morgan fingerprint density at radius 2 is 2.08 bits per heavy atom. The Labute approximate surface area is 73.0 Å². The molecule has 0 bridgehead atoms. The zero-order valence-electron chi connectivity index (χ0n) is 5.88. The van der Waals surface area contributed by atoms with E-state index in [-0.39, 0.29) is 16.9 Å². The number of carbonyl (C=O) groups is 2. The van der Waals surface area contributed by atoms with Gasteiger partial charge in [-0.05, 0) is 18.2 Å². The van der Waals surface area contributed by atoms with Crippen molar-refractivity contribution in [2.45, 2.75) is 0 Å². The molecule has 0 aliphatic heterocycles. The lowest BCUT2D eigenvalue weighted by molar-refractivity contribution is -0.104. The summed E-state index contributed by atoms with van der Waals surface area (Å²) in [6, 6.07) is 3.26. The summed E-state index contributed by atoms with van der Waals surface area (Å²) in [5.41, 5.74) is -0.0324. The molecule has 0 spiro atoms. The summed E-state index contributed by atoms with van der Waals surface area (Å²) in [7, 11) is 0. The minimum Gasteiger partial charge on any atom is -0.294 e. The molecule has 0 saturated heterocycles. The number of benzene rings is 1. The number of Topliss-reactive ketones (excluding diaryl/α,β-unsaturated/α-hetero) is 1. The molecule has 0 radical (unpaired) electrons. The molecule has 0 aliphatic carbocycles. The summed E-state index contributed by atoms with van der Waals surface area (Å²) < 4.78 is 12.6. The van der Waals surface area contributed by atoms with Crippen molar-refractivity contribution < 1.29 is 14.0 Å². The monoisotopic (exact) mass is 186 g/mol. The molecule has 0 atom stereocenters. The van der Waals surface area contributed by atoms with Crippen molar-refractivity contribution in [3.63, 3.8) is 0 Å². The van der Waals surface area contributed by atoms with Crippen LogP contribution in [0.25, 0.3) is 0 Å². The molecule has 0 saturated carbocycles. The van der Waals surface area contributed by atoms with Crippen LogP contribution in [0, 0.1) is 5.82 Å². The molecule has 0 fully saturated rings. The van der Waals surface area contributed by atoms with Gasteiger partial charge >= 0.3 is 0 Å². The Bertz CT molecular complexity index is 316. The third-order valence-corrected chi connectivity index (χ3v) is 1.47. The van der Waals surface area contributed by atoms with Gasteiger partial charge in [0, 0.05) is 10.6 Å². The SMILES string of the molecule is O=CC(=O)c1cc(F)cc(Cl)c1. The maximum Gasteiger partial charge on any atom is 0.225 e. The highest BCUT2D eigenvalue weighted by Crippen LogP contribution is 2.13. The molecule has 0 unspecified atom stereocenters. The number of ketones is 1. The summed E-state index contributed by atoms with van der Waals surface area (Å²) in [6.07, 6.45) is 0.116. The second-order valence-corrected chi connectivity index (χ2v) is 2.58. The highest BCUT2D eigenvalue weighted by Gasteiger charge is 2.06. The van der Waals surface area contributed by atoms with E-state index in [0.29, 0.717) is 0 Å². The van der Waals surface area contributed by atoms with E-state index in [4.69, 9.17) is 11.6 Å². The van der Waals surface area contributed by atoms with Gasteiger partial charge < -0.3 is 0 Å². The molecular formula is C8H4ClFO2. The molecule has 2 nitrogen and oxygen atoms in total. The van der Waals surface area contributed by atoms with Crippen LogP contribution in [0.1, 0.15) is 10.4 Å². The number of rotatable bonds is 2. The zero-order valence-corrected chi connectivity index (χ0v) is 6.64. The van der Waals surface area contributed by atoms with Crippen molar-refractivity contribution >= 4 is 23.7 Å². The predicted molar refractivity (Wildman–Crippen MR) is 41.8 cm³/mol. The van der Waals surface area contributed by atoms with Crippen LogP contribution in [0.4, 0.5) is 4.39 Å². The maximum atomic E-state index is 12.6. The predicted octanol–water partition coefficient (Wildman–Crippen LogP) is 1.86. The number of aldehydes is 1. The largest absolute Gasteiger partial charge is 0.294 e. The van der Waals surface area contributed by atoms with Crippen molar-refractivity contribution in [3.05, 3.63) is 34.6 Å². The fourth-order valence-corrected chi connectivity index (χ4v) is 0.986. The molecule has 0 aromatic heterocycles. The molecule has 4 heteroatoms. The van der Waals surface area contributed by atoms with Crippen molar-refractivity contribution in [1.29, 1.82) is 0 Å². The molecule has 0 aliphatic rings. The standard InChI is InChI=1S/C8H4ClFO2/c9-6-1-5(8(12)4-11)2-7(10)3-6/h1-4H. The average Bonchev–Trinajstić information content (AvgIpc) is 2.01. The van der Waals surface area contributed by atoms with Gasteiger partial charge in [-0.1, -0.05) is 11.6 Å². The van der Waals surface area contributed by atoms with Crippen LogP contribution < -0.4 is 0 Å². The Morgan fingerprint density at radius 3 is 2.58 bits per heavy atom. The van der Waals surface area contributed by atoms with Crippen LogP contribution in [-0.2, 0) is 4.79 Å². The first-order valence-corrected chi connectivity index (χ1v) is 3.47. The average molecular weight is 187 g/mol. The zero-order chi connectivity index (χ0) is 9.14. The Hall–Kier alpha value is -1.22. The van der Waals surface area contributed by atoms with Crippen molar-refractivity contribution in [3.8, 4) is 0 Å². The van der Waals surface area contributed by atoms with E-state index in [0.717, 1.165) is 12.1 Å². The summed E-state index contributed by atoms with van der Waals surface area (Å²) in [6.45, 7) is 0. The lowest BCUT2D eigenvalue weighted by Crippen LogP contribution is -1.99. The van der Waals surface area contributed by atoms with Gasteiger partial charge in [-0.3, -0.25) is 9.59 Å². The van der Waals surface area contributed by atoms with Crippen LogP contribution in [0.15, 0.2) is 18.2 Å². The molecule has 12 heavy (non-hydrogen) atoms. The first-order valence-electron chi connectivity index (χ1n) is 3.09. The van der Waals surface area contributed by atoms with E-state index in [1.807, 2.05) is 0 Å². The van der Waals surface area contributed by atoms with Crippen LogP contribution in [-0.4, -0.2) is 12.1 Å². The number of hydrogen-bond acceptors (Lipinski definition) is 2. The number of hydrogen-bond donors (Lipinski definition) is 0. The van der Waals surface area contributed by atoms with Gasteiger partial charge in [0.15, 0.2) is 6.29 Å².